The van der Waals surface area contributed by atoms with Crippen molar-refractivity contribution in [3.8, 4) is 18.1 Å². The summed E-state index contributed by atoms with van der Waals surface area (Å²) in [5.74, 6) is 3.20. The summed E-state index contributed by atoms with van der Waals surface area (Å²) in [6.45, 7) is 0.533. The number of ether oxygens (including phenoxy) is 1. The van der Waals surface area contributed by atoms with Gasteiger partial charge in [-0.3, -0.25) is 0 Å². The number of aliphatic hydroxyl groups is 1. The molecule has 0 aliphatic heterocycles. The van der Waals surface area contributed by atoms with Crippen LogP contribution in [0.25, 0.3) is 0 Å². The van der Waals surface area contributed by atoms with Crippen LogP contribution in [-0.2, 0) is 6.42 Å². The largest absolute Gasteiger partial charge is 0.481 e. The Bertz CT molecular complexity index is 295. The minimum Gasteiger partial charge on any atom is -0.481 e. The van der Waals surface area contributed by atoms with Gasteiger partial charge in [-0.15, -0.1) is 6.42 Å². The average molecular weight is 190 g/mol. The molecule has 2 nitrogen and oxygen atoms in total. The van der Waals surface area contributed by atoms with E-state index in [0.29, 0.717) is 6.61 Å². The van der Waals surface area contributed by atoms with E-state index in [4.69, 9.17) is 16.3 Å². The van der Waals surface area contributed by atoms with Crippen LogP contribution in [0.2, 0.25) is 0 Å². The Hall–Kier alpha value is -1.46. The number of rotatable bonds is 5. The molecule has 0 heterocycles. The molecule has 0 bridgehead atoms. The third kappa shape index (κ3) is 3.51. The lowest BCUT2D eigenvalue weighted by molar-refractivity contribution is 0.288. The van der Waals surface area contributed by atoms with E-state index in [9.17, 15) is 0 Å². The molecule has 1 rings (SSSR count). The van der Waals surface area contributed by atoms with Crippen LogP contribution in [-0.4, -0.2) is 18.3 Å². The maximum Gasteiger partial charge on any atom is 0.148 e. The fourth-order valence-corrected chi connectivity index (χ4v) is 1.16. The van der Waals surface area contributed by atoms with Crippen molar-refractivity contribution in [1.29, 1.82) is 0 Å². The van der Waals surface area contributed by atoms with Crippen LogP contribution in [0.15, 0.2) is 24.3 Å². The summed E-state index contributed by atoms with van der Waals surface area (Å²) in [6.07, 6.45) is 6.76. The van der Waals surface area contributed by atoms with Gasteiger partial charge in [-0.25, -0.2) is 0 Å². The van der Waals surface area contributed by atoms with E-state index in [0.717, 1.165) is 18.6 Å². The van der Waals surface area contributed by atoms with Crippen molar-refractivity contribution in [1.82, 2.24) is 0 Å². The molecule has 74 valence electrons. The van der Waals surface area contributed by atoms with Gasteiger partial charge in [-0.1, -0.05) is 18.1 Å². The molecular weight excluding hydrogens is 176 g/mol. The zero-order valence-corrected chi connectivity index (χ0v) is 8.07. The van der Waals surface area contributed by atoms with Gasteiger partial charge in [-0.2, -0.15) is 0 Å². The molecule has 0 aromatic heterocycles. The Labute approximate surface area is 84.5 Å². The zero-order valence-electron chi connectivity index (χ0n) is 8.07. The van der Waals surface area contributed by atoms with Gasteiger partial charge < -0.3 is 9.84 Å². The van der Waals surface area contributed by atoms with Crippen molar-refractivity contribution < 1.29 is 9.84 Å². The van der Waals surface area contributed by atoms with Gasteiger partial charge in [0.1, 0.15) is 12.4 Å². The van der Waals surface area contributed by atoms with E-state index in [1.807, 2.05) is 24.3 Å². The first-order valence-corrected chi connectivity index (χ1v) is 4.63. The predicted molar refractivity (Wildman–Crippen MR) is 56.2 cm³/mol. The molecular formula is C12H14O2. The minimum absolute atomic E-state index is 0.231. The Kier molecular flexibility index (Phi) is 4.60. The maximum absolute atomic E-state index is 8.65. The zero-order chi connectivity index (χ0) is 10.2. The van der Waals surface area contributed by atoms with Crippen LogP contribution in [0.1, 0.15) is 12.0 Å². The molecule has 0 aliphatic carbocycles. The van der Waals surface area contributed by atoms with E-state index < -0.39 is 0 Å². The molecule has 0 aliphatic rings. The Balaban J connectivity index is 2.47. The van der Waals surface area contributed by atoms with Gasteiger partial charge in [-0.05, 0) is 30.5 Å². The minimum atomic E-state index is 0.231. The number of hydrogen-bond acceptors (Lipinski definition) is 2. The van der Waals surface area contributed by atoms with Crippen LogP contribution in [0, 0.1) is 12.3 Å². The van der Waals surface area contributed by atoms with Crippen LogP contribution >= 0.6 is 0 Å². The Morgan fingerprint density at radius 3 is 2.57 bits per heavy atom. The van der Waals surface area contributed by atoms with Gasteiger partial charge in [0, 0.05) is 6.61 Å². The Morgan fingerprint density at radius 2 is 2.00 bits per heavy atom. The van der Waals surface area contributed by atoms with Crippen molar-refractivity contribution in [3.63, 3.8) is 0 Å². The number of benzene rings is 1. The first kappa shape index (κ1) is 10.6. The monoisotopic (exact) mass is 190 g/mol. The highest BCUT2D eigenvalue weighted by Gasteiger charge is 1.94. The van der Waals surface area contributed by atoms with Crippen molar-refractivity contribution in [2.24, 2.45) is 0 Å². The first-order valence-electron chi connectivity index (χ1n) is 4.63. The van der Waals surface area contributed by atoms with Crippen LogP contribution in [0.5, 0.6) is 5.75 Å². The molecule has 0 saturated heterocycles. The summed E-state index contributed by atoms with van der Waals surface area (Å²) in [5, 5.41) is 8.65. The van der Waals surface area contributed by atoms with Gasteiger partial charge in [0.15, 0.2) is 0 Å². The van der Waals surface area contributed by atoms with Crippen molar-refractivity contribution >= 4 is 0 Å². The van der Waals surface area contributed by atoms with Gasteiger partial charge >= 0.3 is 0 Å². The highest BCUT2D eigenvalue weighted by molar-refractivity contribution is 5.27. The molecule has 1 aromatic carbocycles. The summed E-state index contributed by atoms with van der Waals surface area (Å²) in [5.41, 5.74) is 1.20. The van der Waals surface area contributed by atoms with E-state index >= 15 is 0 Å². The molecule has 0 atom stereocenters. The highest BCUT2D eigenvalue weighted by atomic mass is 16.5. The fraction of sp³-hybridized carbons (Fsp3) is 0.333. The Morgan fingerprint density at radius 1 is 1.29 bits per heavy atom. The second-order valence-electron chi connectivity index (χ2n) is 2.96. The number of terminal acetylenes is 1. The van der Waals surface area contributed by atoms with E-state index in [1.54, 1.807) is 0 Å². The fourth-order valence-electron chi connectivity index (χ4n) is 1.16. The number of aliphatic hydroxyl groups excluding tert-OH is 1. The van der Waals surface area contributed by atoms with Gasteiger partial charge in [0.2, 0.25) is 0 Å². The lowest BCUT2D eigenvalue weighted by Crippen LogP contribution is -1.94. The van der Waals surface area contributed by atoms with E-state index in [-0.39, 0.29) is 6.61 Å². The molecule has 0 unspecified atom stereocenters. The van der Waals surface area contributed by atoms with Crippen LogP contribution < -0.4 is 4.74 Å². The molecule has 0 fully saturated rings. The predicted octanol–water partition coefficient (Wildman–Crippen LogP) is 1.62. The number of aryl methyl sites for hydroxylation is 1. The molecule has 0 amide bonds. The van der Waals surface area contributed by atoms with Crippen molar-refractivity contribution in [2.75, 3.05) is 13.2 Å². The third-order valence-corrected chi connectivity index (χ3v) is 1.87. The van der Waals surface area contributed by atoms with E-state index in [2.05, 4.69) is 5.92 Å². The lowest BCUT2D eigenvalue weighted by atomic mass is 10.1. The molecule has 14 heavy (non-hydrogen) atoms. The molecule has 2 heteroatoms. The smallest absolute Gasteiger partial charge is 0.148 e. The normalized spacial score (nSPS) is 9.43. The van der Waals surface area contributed by atoms with Gasteiger partial charge in [0.25, 0.3) is 0 Å². The standard InChI is InChI=1S/C12H14O2/c1-2-10-14-12-7-5-11(6-8-12)4-3-9-13/h1,5-8,13H,3-4,9-10H2. The van der Waals surface area contributed by atoms with Crippen molar-refractivity contribution in [2.45, 2.75) is 12.8 Å². The first-order chi connectivity index (χ1) is 6.86. The summed E-state index contributed by atoms with van der Waals surface area (Å²) < 4.78 is 5.23. The topological polar surface area (TPSA) is 29.5 Å². The summed E-state index contributed by atoms with van der Waals surface area (Å²) in [4.78, 5) is 0. The van der Waals surface area contributed by atoms with Crippen LogP contribution in [0.3, 0.4) is 0 Å². The molecule has 0 saturated carbocycles. The van der Waals surface area contributed by atoms with Crippen LogP contribution in [0.4, 0.5) is 0 Å². The third-order valence-electron chi connectivity index (χ3n) is 1.87. The molecule has 1 N–H and O–H groups in total. The number of hydrogen-bond donors (Lipinski definition) is 1. The molecule has 0 radical (unpaired) electrons. The SMILES string of the molecule is C#CCOc1ccc(CCCO)cc1. The summed E-state index contributed by atoms with van der Waals surface area (Å²) in [6, 6.07) is 7.76. The lowest BCUT2D eigenvalue weighted by Gasteiger charge is -2.03. The highest BCUT2D eigenvalue weighted by Crippen LogP contribution is 2.12. The second kappa shape index (κ2) is 6.06. The molecule has 0 spiro atoms. The summed E-state index contributed by atoms with van der Waals surface area (Å²) >= 11 is 0. The second-order valence-corrected chi connectivity index (χ2v) is 2.96. The average Bonchev–Trinajstić information content (AvgIpc) is 2.25. The molecule has 1 aromatic rings. The maximum atomic E-state index is 8.65. The summed E-state index contributed by atoms with van der Waals surface area (Å²) in [7, 11) is 0. The van der Waals surface area contributed by atoms with Gasteiger partial charge in [0.05, 0.1) is 0 Å². The van der Waals surface area contributed by atoms with Crippen molar-refractivity contribution in [3.05, 3.63) is 29.8 Å². The quantitative estimate of drug-likeness (QED) is 0.715. The van der Waals surface area contributed by atoms with E-state index in [1.165, 1.54) is 5.56 Å².